The van der Waals surface area contributed by atoms with E-state index in [1.54, 1.807) is 23.5 Å². The van der Waals surface area contributed by atoms with Crippen LogP contribution in [-0.2, 0) is 0 Å². The van der Waals surface area contributed by atoms with E-state index in [2.05, 4.69) is 19.9 Å². The third-order valence-electron chi connectivity index (χ3n) is 2.52. The van der Waals surface area contributed by atoms with E-state index >= 15 is 0 Å². The summed E-state index contributed by atoms with van der Waals surface area (Å²) in [4.78, 5) is 2.47. The van der Waals surface area contributed by atoms with Crippen LogP contribution < -0.4 is 0 Å². The lowest BCUT2D eigenvalue weighted by Crippen LogP contribution is -1.93. The van der Waals surface area contributed by atoms with Gasteiger partial charge in [-0.15, -0.1) is 22.9 Å². The molecule has 0 aliphatic carbocycles. The predicted octanol–water partition coefficient (Wildman–Crippen LogP) is 4.83. The van der Waals surface area contributed by atoms with Crippen molar-refractivity contribution in [3.8, 4) is 0 Å². The SMILES string of the molecule is Cc1cc(C(Cl)c2ccc(F)cc2)c(C)s1. The van der Waals surface area contributed by atoms with Gasteiger partial charge in [0.15, 0.2) is 0 Å². The normalized spacial score (nSPS) is 12.8. The zero-order valence-corrected chi connectivity index (χ0v) is 10.7. The fourth-order valence-electron chi connectivity index (χ4n) is 1.71. The monoisotopic (exact) mass is 254 g/mol. The van der Waals surface area contributed by atoms with Gasteiger partial charge in [0.2, 0.25) is 0 Å². The molecule has 1 aromatic carbocycles. The van der Waals surface area contributed by atoms with E-state index in [9.17, 15) is 4.39 Å². The van der Waals surface area contributed by atoms with Gasteiger partial charge in [0.05, 0.1) is 5.38 Å². The summed E-state index contributed by atoms with van der Waals surface area (Å²) in [6, 6.07) is 8.46. The Bertz CT molecular complexity index is 487. The van der Waals surface area contributed by atoms with E-state index in [0.717, 1.165) is 11.1 Å². The van der Waals surface area contributed by atoms with Gasteiger partial charge in [0.1, 0.15) is 5.82 Å². The molecule has 84 valence electrons. The number of halogens is 2. The van der Waals surface area contributed by atoms with Crippen LogP contribution in [-0.4, -0.2) is 0 Å². The van der Waals surface area contributed by atoms with E-state index in [4.69, 9.17) is 11.6 Å². The summed E-state index contributed by atoms with van der Waals surface area (Å²) in [7, 11) is 0. The van der Waals surface area contributed by atoms with E-state index in [0.29, 0.717) is 0 Å². The average Bonchev–Trinajstić information content (AvgIpc) is 2.58. The van der Waals surface area contributed by atoms with Crippen molar-refractivity contribution >= 4 is 22.9 Å². The smallest absolute Gasteiger partial charge is 0.123 e. The fraction of sp³-hybridized carbons (Fsp3) is 0.231. The van der Waals surface area contributed by atoms with Crippen molar-refractivity contribution in [1.29, 1.82) is 0 Å². The molecule has 0 N–H and O–H groups in total. The summed E-state index contributed by atoms with van der Waals surface area (Å²) in [5, 5.41) is -0.189. The summed E-state index contributed by atoms with van der Waals surface area (Å²) >= 11 is 8.12. The highest BCUT2D eigenvalue weighted by Gasteiger charge is 2.15. The second-order valence-corrected chi connectivity index (χ2v) is 5.68. The van der Waals surface area contributed by atoms with Crippen molar-refractivity contribution in [2.45, 2.75) is 19.2 Å². The number of alkyl halides is 1. The predicted molar refractivity (Wildman–Crippen MR) is 67.9 cm³/mol. The first-order chi connectivity index (χ1) is 7.58. The van der Waals surface area contributed by atoms with Crippen molar-refractivity contribution in [1.82, 2.24) is 0 Å². The number of benzene rings is 1. The summed E-state index contributed by atoms with van der Waals surface area (Å²) in [6.07, 6.45) is 0. The van der Waals surface area contributed by atoms with Crippen molar-refractivity contribution in [2.24, 2.45) is 0 Å². The van der Waals surface area contributed by atoms with Gasteiger partial charge in [-0.2, -0.15) is 0 Å². The molecule has 1 unspecified atom stereocenters. The van der Waals surface area contributed by atoms with E-state index in [1.165, 1.54) is 21.9 Å². The van der Waals surface area contributed by atoms with Gasteiger partial charge < -0.3 is 0 Å². The summed E-state index contributed by atoms with van der Waals surface area (Å²) in [5.74, 6) is -0.231. The minimum atomic E-state index is -0.231. The summed E-state index contributed by atoms with van der Waals surface area (Å²) in [6.45, 7) is 4.13. The molecule has 0 amide bonds. The summed E-state index contributed by atoms with van der Waals surface area (Å²) in [5.41, 5.74) is 2.06. The standard InChI is InChI=1S/C13H12ClFS/c1-8-7-12(9(2)16-8)13(14)10-3-5-11(15)6-4-10/h3-7,13H,1-2H3. The first kappa shape index (κ1) is 11.6. The van der Waals surface area contributed by atoms with Gasteiger partial charge in [-0.1, -0.05) is 12.1 Å². The van der Waals surface area contributed by atoms with Gasteiger partial charge in [0.25, 0.3) is 0 Å². The number of rotatable bonds is 2. The van der Waals surface area contributed by atoms with E-state index in [1.807, 2.05) is 0 Å². The number of aryl methyl sites for hydroxylation is 2. The highest BCUT2D eigenvalue weighted by atomic mass is 35.5. The molecule has 0 fully saturated rings. The second kappa shape index (κ2) is 4.56. The highest BCUT2D eigenvalue weighted by Crippen LogP contribution is 2.35. The molecule has 0 aliphatic rings. The van der Waals surface area contributed by atoms with Gasteiger partial charge in [0, 0.05) is 9.75 Å². The van der Waals surface area contributed by atoms with Crippen LogP contribution in [0.3, 0.4) is 0 Å². The topological polar surface area (TPSA) is 0 Å². The Labute approximate surface area is 104 Å². The van der Waals surface area contributed by atoms with Crippen molar-refractivity contribution < 1.29 is 4.39 Å². The Morgan fingerprint density at radius 3 is 2.31 bits per heavy atom. The maximum absolute atomic E-state index is 12.8. The Morgan fingerprint density at radius 1 is 1.19 bits per heavy atom. The Hall–Kier alpha value is -0.860. The lowest BCUT2D eigenvalue weighted by atomic mass is 10.1. The molecule has 3 heteroatoms. The largest absolute Gasteiger partial charge is 0.207 e. The number of hydrogen-bond acceptors (Lipinski definition) is 1. The maximum atomic E-state index is 12.8. The fourth-order valence-corrected chi connectivity index (χ4v) is 3.11. The molecule has 0 saturated carbocycles. The molecule has 0 bridgehead atoms. The maximum Gasteiger partial charge on any atom is 0.123 e. The molecule has 0 aliphatic heterocycles. The lowest BCUT2D eigenvalue weighted by molar-refractivity contribution is 0.627. The first-order valence-corrected chi connectivity index (χ1v) is 6.29. The van der Waals surface area contributed by atoms with Gasteiger partial charge >= 0.3 is 0 Å². The Balaban J connectivity index is 2.35. The van der Waals surface area contributed by atoms with Crippen LogP contribution in [0.15, 0.2) is 30.3 Å². The average molecular weight is 255 g/mol. The van der Waals surface area contributed by atoms with Crippen LogP contribution in [0.2, 0.25) is 0 Å². The molecule has 0 saturated heterocycles. The molecule has 2 rings (SSSR count). The van der Waals surface area contributed by atoms with E-state index < -0.39 is 0 Å². The van der Waals surface area contributed by atoms with Crippen LogP contribution in [0.25, 0.3) is 0 Å². The quantitative estimate of drug-likeness (QED) is 0.673. The number of hydrogen-bond donors (Lipinski definition) is 0. The molecule has 0 spiro atoms. The van der Waals surface area contributed by atoms with Crippen LogP contribution in [0.4, 0.5) is 4.39 Å². The first-order valence-electron chi connectivity index (χ1n) is 5.04. The van der Waals surface area contributed by atoms with E-state index in [-0.39, 0.29) is 11.2 Å². The zero-order chi connectivity index (χ0) is 11.7. The van der Waals surface area contributed by atoms with Crippen LogP contribution in [0.1, 0.15) is 26.3 Å². The molecular weight excluding hydrogens is 243 g/mol. The highest BCUT2D eigenvalue weighted by molar-refractivity contribution is 7.12. The zero-order valence-electron chi connectivity index (χ0n) is 9.13. The van der Waals surface area contributed by atoms with Crippen molar-refractivity contribution in [2.75, 3.05) is 0 Å². The lowest BCUT2D eigenvalue weighted by Gasteiger charge is -2.09. The number of thiophene rings is 1. The molecule has 1 aromatic heterocycles. The minimum absolute atomic E-state index is 0.189. The van der Waals surface area contributed by atoms with Crippen molar-refractivity contribution in [3.63, 3.8) is 0 Å². The third-order valence-corrected chi connectivity index (χ3v) is 3.98. The molecule has 0 nitrogen and oxygen atoms in total. The van der Waals surface area contributed by atoms with Crippen LogP contribution in [0.5, 0.6) is 0 Å². The van der Waals surface area contributed by atoms with Gasteiger partial charge in [-0.25, -0.2) is 4.39 Å². The van der Waals surface area contributed by atoms with Crippen LogP contribution >= 0.6 is 22.9 Å². The molecule has 2 aromatic rings. The van der Waals surface area contributed by atoms with Crippen molar-refractivity contribution in [3.05, 3.63) is 57.0 Å². The second-order valence-electron chi connectivity index (χ2n) is 3.78. The molecule has 1 heterocycles. The van der Waals surface area contributed by atoms with Gasteiger partial charge in [-0.05, 0) is 43.2 Å². The Morgan fingerprint density at radius 2 is 1.81 bits per heavy atom. The van der Waals surface area contributed by atoms with Gasteiger partial charge in [-0.3, -0.25) is 0 Å². The third kappa shape index (κ3) is 2.28. The Kier molecular flexibility index (Phi) is 3.31. The summed E-state index contributed by atoms with van der Waals surface area (Å²) < 4.78 is 12.8. The molecule has 1 atom stereocenters. The molecular formula is C13H12ClFS. The van der Waals surface area contributed by atoms with Crippen LogP contribution in [0, 0.1) is 19.7 Å². The molecule has 16 heavy (non-hydrogen) atoms. The minimum Gasteiger partial charge on any atom is -0.207 e. The molecule has 0 radical (unpaired) electrons.